The normalized spacial score (nSPS) is 15.0. The third-order valence-corrected chi connectivity index (χ3v) is 3.68. The van der Waals surface area contributed by atoms with Crippen LogP contribution in [0.5, 0.6) is 0 Å². The van der Waals surface area contributed by atoms with Crippen LogP contribution in [0.2, 0.25) is 5.28 Å². The fraction of sp³-hybridized carbons (Fsp3) is 0.308. The zero-order valence-electron chi connectivity index (χ0n) is 11.1. The molecule has 1 saturated heterocycles. The van der Waals surface area contributed by atoms with Crippen LogP contribution in [0.25, 0.3) is 17.0 Å². The Kier molecular flexibility index (Phi) is 2.92. The number of benzene rings is 1. The number of para-hydroxylation sites is 1. The molecule has 1 aliphatic rings. The highest BCUT2D eigenvalue weighted by atomic mass is 35.5. The Labute approximate surface area is 125 Å². The minimum Gasteiger partial charge on any atom is -0.341 e. The first-order valence-electron chi connectivity index (χ1n) is 6.78. The molecule has 0 radical (unpaired) electrons. The van der Waals surface area contributed by atoms with Crippen molar-refractivity contribution in [1.29, 1.82) is 0 Å². The van der Waals surface area contributed by atoms with Crippen molar-refractivity contribution >= 4 is 28.6 Å². The molecule has 7 nitrogen and oxygen atoms in total. The van der Waals surface area contributed by atoms with Crippen molar-refractivity contribution in [3.63, 3.8) is 0 Å². The van der Waals surface area contributed by atoms with E-state index in [4.69, 9.17) is 11.6 Å². The van der Waals surface area contributed by atoms with Crippen molar-refractivity contribution in [3.8, 4) is 5.95 Å². The molecular weight excluding hydrogens is 290 g/mol. The number of aromatic nitrogens is 6. The maximum atomic E-state index is 6.05. The lowest BCUT2D eigenvalue weighted by Crippen LogP contribution is -2.22. The fourth-order valence-corrected chi connectivity index (χ4v) is 2.65. The summed E-state index contributed by atoms with van der Waals surface area (Å²) in [5, 5.41) is 8.39. The second-order valence-corrected chi connectivity index (χ2v) is 5.23. The van der Waals surface area contributed by atoms with E-state index in [-0.39, 0.29) is 5.28 Å². The SMILES string of the molecule is Clc1nc(N2CCCC2)nc(-n2nnc3ccccc32)n1. The van der Waals surface area contributed by atoms with Crippen LogP contribution in [-0.2, 0) is 0 Å². The summed E-state index contributed by atoms with van der Waals surface area (Å²) >= 11 is 6.05. The van der Waals surface area contributed by atoms with Gasteiger partial charge in [-0.3, -0.25) is 0 Å². The van der Waals surface area contributed by atoms with Gasteiger partial charge in [0.2, 0.25) is 11.2 Å². The molecule has 4 rings (SSSR count). The van der Waals surface area contributed by atoms with E-state index in [1.807, 2.05) is 24.3 Å². The summed E-state index contributed by atoms with van der Waals surface area (Å²) in [6.45, 7) is 1.88. The van der Waals surface area contributed by atoms with Gasteiger partial charge in [-0.25, -0.2) is 0 Å². The molecule has 2 aromatic heterocycles. The lowest BCUT2D eigenvalue weighted by molar-refractivity contribution is 0.755. The Balaban J connectivity index is 1.84. The van der Waals surface area contributed by atoms with Gasteiger partial charge in [0, 0.05) is 13.1 Å². The summed E-state index contributed by atoms with van der Waals surface area (Å²) < 4.78 is 1.59. The molecule has 0 bridgehead atoms. The van der Waals surface area contributed by atoms with Crippen LogP contribution in [0.4, 0.5) is 5.95 Å². The third kappa shape index (κ3) is 2.19. The Bertz CT molecular complexity index is 794. The topological polar surface area (TPSA) is 72.6 Å². The average molecular weight is 302 g/mol. The van der Waals surface area contributed by atoms with Crippen molar-refractivity contribution in [2.75, 3.05) is 18.0 Å². The van der Waals surface area contributed by atoms with Crippen LogP contribution in [0.15, 0.2) is 24.3 Å². The highest BCUT2D eigenvalue weighted by Gasteiger charge is 2.18. The standard InChI is InChI=1S/C13H12ClN7/c14-11-15-12(20-7-3-4-8-20)17-13(16-11)21-10-6-2-1-5-9(10)18-19-21/h1-2,5-6H,3-4,7-8H2. The second kappa shape index (κ2) is 4.92. The van der Waals surface area contributed by atoms with Crippen LogP contribution in [-0.4, -0.2) is 43.0 Å². The van der Waals surface area contributed by atoms with Gasteiger partial charge in [-0.2, -0.15) is 19.6 Å². The van der Waals surface area contributed by atoms with Gasteiger partial charge in [-0.15, -0.1) is 5.10 Å². The van der Waals surface area contributed by atoms with Gasteiger partial charge < -0.3 is 4.90 Å². The summed E-state index contributed by atoms with van der Waals surface area (Å²) in [5.41, 5.74) is 1.63. The maximum absolute atomic E-state index is 6.05. The number of rotatable bonds is 2. The number of fused-ring (bicyclic) bond motifs is 1. The molecule has 3 heterocycles. The molecule has 1 aliphatic heterocycles. The van der Waals surface area contributed by atoms with Gasteiger partial charge in [-0.1, -0.05) is 17.3 Å². The average Bonchev–Trinajstić information content (AvgIpc) is 3.16. The molecule has 1 fully saturated rings. The second-order valence-electron chi connectivity index (χ2n) is 4.89. The highest BCUT2D eigenvalue weighted by Crippen LogP contribution is 2.20. The van der Waals surface area contributed by atoms with Crippen LogP contribution >= 0.6 is 11.6 Å². The van der Waals surface area contributed by atoms with Crippen LogP contribution in [0.3, 0.4) is 0 Å². The molecule has 0 spiro atoms. The predicted octanol–water partition coefficient (Wildman–Crippen LogP) is 1.86. The van der Waals surface area contributed by atoms with Crippen molar-refractivity contribution in [2.24, 2.45) is 0 Å². The van der Waals surface area contributed by atoms with Gasteiger partial charge in [0.15, 0.2) is 0 Å². The molecule has 21 heavy (non-hydrogen) atoms. The van der Waals surface area contributed by atoms with Gasteiger partial charge in [0.25, 0.3) is 5.95 Å². The quantitative estimate of drug-likeness (QED) is 0.719. The molecule has 3 aromatic rings. The van der Waals surface area contributed by atoms with E-state index >= 15 is 0 Å². The van der Waals surface area contributed by atoms with Crippen molar-refractivity contribution in [2.45, 2.75) is 12.8 Å². The summed E-state index contributed by atoms with van der Waals surface area (Å²) in [5.74, 6) is 0.993. The number of anilines is 1. The molecule has 0 saturated carbocycles. The van der Waals surface area contributed by atoms with E-state index in [1.165, 1.54) is 0 Å². The van der Waals surface area contributed by atoms with Gasteiger partial charge >= 0.3 is 0 Å². The number of nitrogens with zero attached hydrogens (tertiary/aromatic N) is 7. The Morgan fingerprint density at radius 3 is 2.57 bits per heavy atom. The Morgan fingerprint density at radius 2 is 1.71 bits per heavy atom. The zero-order chi connectivity index (χ0) is 14.2. The summed E-state index contributed by atoms with van der Waals surface area (Å²) in [6.07, 6.45) is 2.29. The Hall–Kier alpha value is -2.28. The highest BCUT2D eigenvalue weighted by molar-refractivity contribution is 6.28. The van der Waals surface area contributed by atoms with E-state index in [1.54, 1.807) is 4.68 Å². The van der Waals surface area contributed by atoms with Crippen molar-refractivity contribution in [3.05, 3.63) is 29.5 Å². The molecule has 0 N–H and O–H groups in total. The largest absolute Gasteiger partial charge is 0.341 e. The number of halogens is 1. The minimum absolute atomic E-state index is 0.168. The van der Waals surface area contributed by atoms with E-state index in [2.05, 4.69) is 30.2 Å². The first kappa shape index (κ1) is 12.5. The zero-order valence-corrected chi connectivity index (χ0v) is 11.9. The summed E-state index contributed by atoms with van der Waals surface area (Å²) in [7, 11) is 0. The molecule has 0 unspecified atom stereocenters. The molecule has 8 heteroatoms. The first-order chi connectivity index (χ1) is 10.3. The van der Waals surface area contributed by atoms with Crippen LogP contribution in [0, 0.1) is 0 Å². The number of hydrogen-bond donors (Lipinski definition) is 0. The Morgan fingerprint density at radius 1 is 0.952 bits per heavy atom. The smallest absolute Gasteiger partial charge is 0.258 e. The van der Waals surface area contributed by atoms with Gasteiger partial charge in [-0.05, 0) is 36.6 Å². The van der Waals surface area contributed by atoms with E-state index in [0.29, 0.717) is 11.9 Å². The summed E-state index contributed by atoms with van der Waals surface area (Å²) in [6, 6.07) is 7.65. The monoisotopic (exact) mass is 301 g/mol. The molecular formula is C13H12ClN7. The van der Waals surface area contributed by atoms with Crippen LogP contribution < -0.4 is 4.90 Å². The van der Waals surface area contributed by atoms with Crippen molar-refractivity contribution in [1.82, 2.24) is 29.9 Å². The predicted molar refractivity (Wildman–Crippen MR) is 78.7 cm³/mol. The lowest BCUT2D eigenvalue weighted by atomic mass is 10.3. The minimum atomic E-state index is 0.168. The van der Waals surface area contributed by atoms with E-state index in [9.17, 15) is 0 Å². The molecule has 0 aliphatic carbocycles. The molecule has 0 amide bonds. The van der Waals surface area contributed by atoms with E-state index in [0.717, 1.165) is 37.0 Å². The fourth-order valence-electron chi connectivity index (χ4n) is 2.50. The summed E-state index contributed by atoms with van der Waals surface area (Å²) in [4.78, 5) is 15.0. The molecule has 106 valence electrons. The first-order valence-corrected chi connectivity index (χ1v) is 7.16. The van der Waals surface area contributed by atoms with E-state index < -0.39 is 0 Å². The molecule has 1 aromatic carbocycles. The van der Waals surface area contributed by atoms with Crippen LogP contribution in [0.1, 0.15) is 12.8 Å². The van der Waals surface area contributed by atoms with Crippen molar-refractivity contribution < 1.29 is 0 Å². The van der Waals surface area contributed by atoms with Gasteiger partial charge in [0.1, 0.15) is 5.52 Å². The molecule has 0 atom stereocenters. The van der Waals surface area contributed by atoms with Gasteiger partial charge in [0.05, 0.1) is 5.52 Å². The number of hydrogen-bond acceptors (Lipinski definition) is 6. The third-order valence-electron chi connectivity index (χ3n) is 3.51. The lowest BCUT2D eigenvalue weighted by Gasteiger charge is -2.15. The maximum Gasteiger partial charge on any atom is 0.258 e.